The number of aryl methyl sites for hydroxylation is 1. The van der Waals surface area contributed by atoms with Gasteiger partial charge in [-0.05, 0) is 44.5 Å². The van der Waals surface area contributed by atoms with E-state index in [1.54, 1.807) is 27.7 Å². The van der Waals surface area contributed by atoms with Gasteiger partial charge in [0.2, 0.25) is 10.0 Å². The topological polar surface area (TPSA) is 92.8 Å². The van der Waals surface area contributed by atoms with Gasteiger partial charge in [-0.3, -0.25) is 4.79 Å². The highest BCUT2D eigenvalue weighted by atomic mass is 32.2. The lowest BCUT2D eigenvalue weighted by atomic mass is 10.1. The van der Waals surface area contributed by atoms with Gasteiger partial charge in [0.15, 0.2) is 0 Å². The number of carbonyl (C=O) groups excluding carboxylic acids is 2. The summed E-state index contributed by atoms with van der Waals surface area (Å²) in [6, 6.07) is 5.88. The number of carbonyl (C=O) groups is 2. The van der Waals surface area contributed by atoms with Crippen molar-refractivity contribution in [2.75, 3.05) is 25.0 Å². The predicted molar refractivity (Wildman–Crippen MR) is 114 cm³/mol. The second-order valence-corrected chi connectivity index (χ2v) is 9.44. The highest BCUT2D eigenvalue weighted by Gasteiger charge is 2.25. The van der Waals surface area contributed by atoms with Crippen molar-refractivity contribution in [3.8, 4) is 0 Å². The summed E-state index contributed by atoms with van der Waals surface area (Å²) in [5.41, 5.74) is 1.27. The summed E-state index contributed by atoms with van der Waals surface area (Å²) in [4.78, 5) is 26.0. The quantitative estimate of drug-likeness (QED) is 0.633. The Balaban J connectivity index is 2.37. The molecule has 1 heterocycles. The van der Waals surface area contributed by atoms with Crippen LogP contribution >= 0.6 is 11.3 Å². The summed E-state index contributed by atoms with van der Waals surface area (Å²) in [6.07, 6.45) is 0. The van der Waals surface area contributed by atoms with Crippen LogP contribution < -0.4 is 5.32 Å². The summed E-state index contributed by atoms with van der Waals surface area (Å²) < 4.78 is 31.9. The van der Waals surface area contributed by atoms with Gasteiger partial charge in [0.1, 0.15) is 5.00 Å². The number of anilines is 1. The molecule has 0 saturated carbocycles. The molecule has 2 aromatic rings. The summed E-state index contributed by atoms with van der Waals surface area (Å²) >= 11 is 1.28. The first-order chi connectivity index (χ1) is 13.7. The third kappa shape index (κ3) is 4.85. The Hall–Kier alpha value is -2.23. The van der Waals surface area contributed by atoms with Gasteiger partial charge < -0.3 is 10.1 Å². The van der Waals surface area contributed by atoms with Crippen molar-refractivity contribution in [3.63, 3.8) is 0 Å². The molecule has 0 radical (unpaired) electrons. The van der Waals surface area contributed by atoms with E-state index in [0.29, 0.717) is 23.7 Å². The van der Waals surface area contributed by atoms with Crippen LogP contribution in [0.2, 0.25) is 0 Å². The highest BCUT2D eigenvalue weighted by Crippen LogP contribution is 2.33. The van der Waals surface area contributed by atoms with Gasteiger partial charge in [-0.1, -0.05) is 19.9 Å². The fourth-order valence-corrected chi connectivity index (χ4v) is 5.40. The number of benzene rings is 1. The Bertz CT molecular complexity index is 1010. The van der Waals surface area contributed by atoms with Crippen LogP contribution in [0.1, 0.15) is 51.9 Å². The van der Waals surface area contributed by atoms with Gasteiger partial charge in [-0.2, -0.15) is 4.31 Å². The van der Waals surface area contributed by atoms with Crippen molar-refractivity contribution >= 4 is 38.2 Å². The molecule has 0 fully saturated rings. The number of hydrogen-bond acceptors (Lipinski definition) is 6. The standard InChI is InChI=1S/C20H26N2O5S2/c1-6-22(7-2)29(25,26)16-11-9-10-15(12-16)18(23)21-19-17(20(24)27-8-3)13(4)14(5)28-19/h9-12H,6-8H2,1-5H3,(H,21,23). The highest BCUT2D eigenvalue weighted by molar-refractivity contribution is 7.89. The molecule has 9 heteroatoms. The zero-order valence-corrected chi connectivity index (χ0v) is 18.9. The van der Waals surface area contributed by atoms with Gasteiger partial charge in [-0.15, -0.1) is 11.3 Å². The van der Waals surface area contributed by atoms with E-state index in [0.717, 1.165) is 10.4 Å². The van der Waals surface area contributed by atoms with Crippen LogP contribution in [0.5, 0.6) is 0 Å². The van der Waals surface area contributed by atoms with Crippen LogP contribution in [0, 0.1) is 13.8 Å². The minimum absolute atomic E-state index is 0.0537. The zero-order valence-electron chi connectivity index (χ0n) is 17.2. The third-order valence-electron chi connectivity index (χ3n) is 4.53. The van der Waals surface area contributed by atoms with Crippen molar-refractivity contribution in [2.24, 2.45) is 0 Å². The number of ether oxygens (including phenoxy) is 1. The zero-order chi connectivity index (χ0) is 21.8. The molecule has 1 aromatic heterocycles. The second kappa shape index (κ2) is 9.51. The van der Waals surface area contributed by atoms with E-state index in [1.165, 1.54) is 39.9 Å². The maximum atomic E-state index is 12.8. The van der Waals surface area contributed by atoms with Crippen LogP contribution in [0.3, 0.4) is 0 Å². The first kappa shape index (κ1) is 23.1. The van der Waals surface area contributed by atoms with E-state index in [2.05, 4.69) is 5.32 Å². The minimum atomic E-state index is -3.68. The van der Waals surface area contributed by atoms with Gasteiger partial charge in [0.05, 0.1) is 17.1 Å². The molecule has 0 spiro atoms. The Labute approximate surface area is 175 Å². The maximum Gasteiger partial charge on any atom is 0.341 e. The average Bonchev–Trinajstić information content (AvgIpc) is 2.96. The normalized spacial score (nSPS) is 11.5. The number of esters is 1. The Morgan fingerprint density at radius 2 is 1.79 bits per heavy atom. The molecule has 0 bridgehead atoms. The monoisotopic (exact) mass is 438 g/mol. The summed E-state index contributed by atoms with van der Waals surface area (Å²) in [7, 11) is -3.68. The lowest BCUT2D eigenvalue weighted by Gasteiger charge is -2.18. The molecule has 158 valence electrons. The van der Waals surface area contributed by atoms with Crippen LogP contribution in [-0.2, 0) is 14.8 Å². The Morgan fingerprint density at radius 3 is 2.38 bits per heavy atom. The van der Waals surface area contributed by atoms with Crippen molar-refractivity contribution in [1.82, 2.24) is 4.31 Å². The van der Waals surface area contributed by atoms with Crippen molar-refractivity contribution in [1.29, 1.82) is 0 Å². The largest absolute Gasteiger partial charge is 0.462 e. The van der Waals surface area contributed by atoms with Gasteiger partial charge in [-0.25, -0.2) is 13.2 Å². The van der Waals surface area contributed by atoms with Crippen molar-refractivity contribution in [3.05, 3.63) is 45.8 Å². The summed E-state index contributed by atoms with van der Waals surface area (Å²) in [5, 5.41) is 3.12. The number of sulfonamides is 1. The molecule has 7 nitrogen and oxygen atoms in total. The molecule has 0 atom stereocenters. The molecule has 29 heavy (non-hydrogen) atoms. The Morgan fingerprint density at radius 1 is 1.14 bits per heavy atom. The Kier molecular flexibility index (Phi) is 7.56. The lowest BCUT2D eigenvalue weighted by molar-refractivity contribution is 0.0527. The summed E-state index contributed by atoms with van der Waals surface area (Å²) in [5.74, 6) is -0.990. The third-order valence-corrected chi connectivity index (χ3v) is 7.70. The first-order valence-electron chi connectivity index (χ1n) is 9.35. The fourth-order valence-electron chi connectivity index (χ4n) is 2.85. The molecule has 0 unspecified atom stereocenters. The molecule has 2 rings (SSSR count). The maximum absolute atomic E-state index is 12.8. The smallest absolute Gasteiger partial charge is 0.341 e. The van der Waals surface area contributed by atoms with Crippen LogP contribution in [0.4, 0.5) is 5.00 Å². The SMILES string of the molecule is CCOC(=O)c1c(NC(=O)c2cccc(S(=O)(=O)N(CC)CC)c2)sc(C)c1C. The van der Waals surface area contributed by atoms with Crippen molar-refractivity contribution in [2.45, 2.75) is 39.5 Å². The molecular weight excluding hydrogens is 412 g/mol. The molecule has 0 aliphatic heterocycles. The molecule has 1 N–H and O–H groups in total. The summed E-state index contributed by atoms with van der Waals surface area (Å²) in [6.45, 7) is 9.79. The van der Waals surface area contributed by atoms with E-state index in [4.69, 9.17) is 4.74 Å². The molecule has 0 aliphatic carbocycles. The molecule has 0 saturated heterocycles. The van der Waals surface area contributed by atoms with E-state index in [-0.39, 0.29) is 17.1 Å². The average molecular weight is 439 g/mol. The van der Waals surface area contributed by atoms with Gasteiger partial charge in [0, 0.05) is 23.5 Å². The van der Waals surface area contributed by atoms with Gasteiger partial charge in [0.25, 0.3) is 5.91 Å². The van der Waals surface area contributed by atoms with E-state index < -0.39 is 21.9 Å². The van der Waals surface area contributed by atoms with E-state index in [9.17, 15) is 18.0 Å². The second-order valence-electron chi connectivity index (χ2n) is 6.28. The number of amides is 1. The van der Waals surface area contributed by atoms with Crippen LogP contribution in [-0.4, -0.2) is 44.3 Å². The number of rotatable bonds is 8. The molecule has 1 aromatic carbocycles. The molecule has 1 amide bonds. The number of nitrogens with zero attached hydrogens (tertiary/aromatic N) is 1. The van der Waals surface area contributed by atoms with Gasteiger partial charge >= 0.3 is 5.97 Å². The lowest BCUT2D eigenvalue weighted by Crippen LogP contribution is -2.30. The fraction of sp³-hybridized carbons (Fsp3) is 0.400. The minimum Gasteiger partial charge on any atom is -0.462 e. The first-order valence-corrected chi connectivity index (χ1v) is 11.6. The van der Waals surface area contributed by atoms with E-state index in [1.807, 2.05) is 6.92 Å². The molecular formula is C20H26N2O5S2. The van der Waals surface area contributed by atoms with Crippen LogP contribution in [0.25, 0.3) is 0 Å². The van der Waals surface area contributed by atoms with Crippen LogP contribution in [0.15, 0.2) is 29.2 Å². The number of thiophene rings is 1. The van der Waals surface area contributed by atoms with Crippen molar-refractivity contribution < 1.29 is 22.7 Å². The predicted octanol–water partition coefficient (Wildman–Crippen LogP) is 3.82. The number of hydrogen-bond donors (Lipinski definition) is 1. The molecule has 0 aliphatic rings. The number of nitrogens with one attached hydrogen (secondary N) is 1. The van der Waals surface area contributed by atoms with E-state index >= 15 is 0 Å².